The summed E-state index contributed by atoms with van der Waals surface area (Å²) in [4.78, 5) is 8.61. The second kappa shape index (κ2) is 5.56. The molecule has 0 aliphatic rings. The molecule has 6 heteroatoms. The molecule has 1 heterocycles. The largest absolute Gasteiger partial charge is 0.337 e. The summed E-state index contributed by atoms with van der Waals surface area (Å²) < 4.78 is 27.0. The number of anilines is 2. The topological polar surface area (TPSA) is 37.8 Å². The quantitative estimate of drug-likeness (QED) is 0.813. The van der Waals surface area contributed by atoms with Crippen molar-refractivity contribution in [1.29, 1.82) is 0 Å². The van der Waals surface area contributed by atoms with Gasteiger partial charge < -0.3 is 5.32 Å². The third-order valence-electron chi connectivity index (χ3n) is 2.96. The van der Waals surface area contributed by atoms with Gasteiger partial charge in [0.1, 0.15) is 16.8 Å². The molecule has 0 bridgehead atoms. The fourth-order valence-corrected chi connectivity index (χ4v) is 1.84. The fourth-order valence-electron chi connectivity index (χ4n) is 1.67. The van der Waals surface area contributed by atoms with Crippen LogP contribution in [0.15, 0.2) is 18.2 Å². The summed E-state index contributed by atoms with van der Waals surface area (Å²) in [5, 5.41) is 3.07. The highest BCUT2D eigenvalue weighted by atomic mass is 35.5. The van der Waals surface area contributed by atoms with E-state index in [9.17, 15) is 8.78 Å². The Morgan fingerprint density at radius 1 is 1.14 bits per heavy atom. The molecule has 0 aliphatic carbocycles. The van der Waals surface area contributed by atoms with E-state index in [1.54, 1.807) is 6.92 Å². The minimum atomic E-state index is -0.955. The van der Waals surface area contributed by atoms with Gasteiger partial charge in [0, 0.05) is 11.0 Å². The number of hydrogen-bond donors (Lipinski definition) is 1. The summed E-state index contributed by atoms with van der Waals surface area (Å²) in [7, 11) is 0. The number of hydrogen-bond acceptors (Lipinski definition) is 3. The molecular formula is C15H16ClF2N3. The molecule has 21 heavy (non-hydrogen) atoms. The summed E-state index contributed by atoms with van der Waals surface area (Å²) in [5.74, 6) is -0.986. The van der Waals surface area contributed by atoms with Crippen LogP contribution in [-0.4, -0.2) is 9.97 Å². The summed E-state index contributed by atoms with van der Waals surface area (Å²) in [6.45, 7) is 7.55. The van der Waals surface area contributed by atoms with Gasteiger partial charge >= 0.3 is 0 Å². The molecule has 2 rings (SSSR count). The van der Waals surface area contributed by atoms with Gasteiger partial charge in [0.25, 0.3) is 0 Å². The lowest BCUT2D eigenvalue weighted by Gasteiger charge is -2.19. The highest BCUT2D eigenvalue weighted by molar-refractivity contribution is 6.30. The molecule has 0 amide bonds. The highest BCUT2D eigenvalue weighted by Crippen LogP contribution is 2.29. The van der Waals surface area contributed by atoms with Gasteiger partial charge in [-0.05, 0) is 19.1 Å². The highest BCUT2D eigenvalue weighted by Gasteiger charge is 2.21. The van der Waals surface area contributed by atoms with Crippen LogP contribution in [0.5, 0.6) is 0 Å². The van der Waals surface area contributed by atoms with E-state index in [1.165, 1.54) is 12.1 Å². The SMILES string of the molecule is Cc1c(Cl)nc(C(C)(C)C)nc1Nc1cccc(F)c1F. The zero-order valence-electron chi connectivity index (χ0n) is 12.3. The molecule has 3 nitrogen and oxygen atoms in total. The molecule has 0 unspecified atom stereocenters. The van der Waals surface area contributed by atoms with E-state index in [-0.39, 0.29) is 16.3 Å². The lowest BCUT2D eigenvalue weighted by molar-refractivity contribution is 0.511. The third kappa shape index (κ3) is 3.29. The molecule has 0 radical (unpaired) electrons. The van der Waals surface area contributed by atoms with E-state index in [0.29, 0.717) is 17.2 Å². The van der Waals surface area contributed by atoms with Crippen molar-refractivity contribution in [2.45, 2.75) is 33.1 Å². The van der Waals surface area contributed by atoms with Crippen LogP contribution in [-0.2, 0) is 5.41 Å². The van der Waals surface area contributed by atoms with Crippen molar-refractivity contribution in [2.24, 2.45) is 0 Å². The first-order chi connectivity index (χ1) is 9.70. The van der Waals surface area contributed by atoms with Gasteiger partial charge in [-0.25, -0.2) is 18.7 Å². The summed E-state index contributed by atoms with van der Waals surface area (Å²) >= 11 is 6.10. The summed E-state index contributed by atoms with van der Waals surface area (Å²) in [5.41, 5.74) is 0.273. The van der Waals surface area contributed by atoms with Crippen LogP contribution in [0, 0.1) is 18.6 Å². The lowest BCUT2D eigenvalue weighted by Crippen LogP contribution is -2.17. The van der Waals surface area contributed by atoms with E-state index in [4.69, 9.17) is 11.6 Å². The molecule has 0 saturated carbocycles. The van der Waals surface area contributed by atoms with Crippen molar-refractivity contribution < 1.29 is 8.78 Å². The van der Waals surface area contributed by atoms with E-state index >= 15 is 0 Å². The average molecular weight is 312 g/mol. The second-order valence-electron chi connectivity index (χ2n) is 5.79. The molecule has 1 aromatic heterocycles. The first-order valence-electron chi connectivity index (χ1n) is 6.46. The van der Waals surface area contributed by atoms with Gasteiger partial charge in [0.15, 0.2) is 11.6 Å². The fraction of sp³-hybridized carbons (Fsp3) is 0.333. The van der Waals surface area contributed by atoms with Crippen LogP contribution in [0.25, 0.3) is 0 Å². The van der Waals surface area contributed by atoms with Gasteiger partial charge in [-0.3, -0.25) is 0 Å². The van der Waals surface area contributed by atoms with Gasteiger partial charge in [-0.15, -0.1) is 0 Å². The summed E-state index contributed by atoms with van der Waals surface area (Å²) in [6.07, 6.45) is 0. The zero-order chi connectivity index (χ0) is 15.8. The number of halogens is 3. The maximum absolute atomic E-state index is 13.7. The van der Waals surface area contributed by atoms with Gasteiger partial charge in [-0.2, -0.15) is 0 Å². The Kier molecular flexibility index (Phi) is 4.14. The molecule has 112 valence electrons. The molecule has 0 fully saturated rings. The summed E-state index contributed by atoms with van der Waals surface area (Å²) in [6, 6.07) is 3.91. The molecule has 2 aromatic rings. The van der Waals surface area contributed by atoms with Crippen LogP contribution in [0.4, 0.5) is 20.3 Å². The monoisotopic (exact) mass is 311 g/mol. The zero-order valence-corrected chi connectivity index (χ0v) is 13.0. The lowest BCUT2D eigenvalue weighted by atomic mass is 9.95. The van der Waals surface area contributed by atoms with Gasteiger partial charge in [0.05, 0.1) is 5.69 Å². The maximum Gasteiger partial charge on any atom is 0.182 e. The van der Waals surface area contributed by atoms with Gasteiger partial charge in [-0.1, -0.05) is 38.4 Å². The normalized spacial score (nSPS) is 11.6. The van der Waals surface area contributed by atoms with Crippen LogP contribution in [0.3, 0.4) is 0 Å². The van der Waals surface area contributed by atoms with Gasteiger partial charge in [0.2, 0.25) is 0 Å². The molecule has 0 spiro atoms. The number of nitrogens with one attached hydrogen (secondary N) is 1. The Labute approximate surface area is 127 Å². The maximum atomic E-state index is 13.7. The van der Waals surface area contributed by atoms with Crippen molar-refractivity contribution in [3.05, 3.63) is 46.4 Å². The Balaban J connectivity index is 2.49. The molecule has 0 saturated heterocycles. The Hall–Kier alpha value is -1.75. The Morgan fingerprint density at radius 3 is 2.43 bits per heavy atom. The first kappa shape index (κ1) is 15.6. The average Bonchev–Trinajstić information content (AvgIpc) is 2.38. The van der Waals surface area contributed by atoms with Crippen molar-refractivity contribution in [1.82, 2.24) is 9.97 Å². The molecule has 0 atom stereocenters. The Morgan fingerprint density at radius 2 is 1.81 bits per heavy atom. The Bertz CT molecular complexity index is 681. The predicted molar refractivity (Wildman–Crippen MR) is 80.1 cm³/mol. The van der Waals surface area contributed by atoms with E-state index < -0.39 is 11.6 Å². The standard InChI is InChI=1S/C15H16ClF2N3/c1-8-12(16)20-14(15(2,3)4)21-13(8)19-10-7-5-6-9(17)11(10)18/h5-7H,1-4H3,(H,19,20,21). The number of rotatable bonds is 2. The number of aromatic nitrogens is 2. The first-order valence-corrected chi connectivity index (χ1v) is 6.83. The predicted octanol–water partition coefficient (Wildman–Crippen LogP) is 4.76. The van der Waals surface area contributed by atoms with Crippen LogP contribution in [0.1, 0.15) is 32.2 Å². The molecule has 1 aromatic carbocycles. The van der Waals surface area contributed by atoms with Crippen LogP contribution in [0.2, 0.25) is 5.15 Å². The van der Waals surface area contributed by atoms with Crippen molar-refractivity contribution in [3.63, 3.8) is 0 Å². The van der Waals surface area contributed by atoms with Crippen molar-refractivity contribution >= 4 is 23.1 Å². The smallest absolute Gasteiger partial charge is 0.182 e. The molecular weight excluding hydrogens is 296 g/mol. The molecule has 0 aliphatic heterocycles. The van der Waals surface area contributed by atoms with Crippen LogP contribution < -0.4 is 5.32 Å². The van der Waals surface area contributed by atoms with E-state index in [0.717, 1.165) is 6.07 Å². The van der Waals surface area contributed by atoms with E-state index in [1.807, 2.05) is 20.8 Å². The third-order valence-corrected chi connectivity index (χ3v) is 3.33. The van der Waals surface area contributed by atoms with Crippen LogP contribution >= 0.6 is 11.6 Å². The number of nitrogens with zero attached hydrogens (tertiary/aromatic N) is 2. The second-order valence-corrected chi connectivity index (χ2v) is 6.15. The minimum Gasteiger partial charge on any atom is -0.337 e. The van der Waals surface area contributed by atoms with Crippen molar-refractivity contribution in [2.75, 3.05) is 5.32 Å². The molecule has 1 N–H and O–H groups in total. The minimum absolute atomic E-state index is 0.00715. The number of benzene rings is 1. The van der Waals surface area contributed by atoms with Crippen molar-refractivity contribution in [3.8, 4) is 0 Å². The van der Waals surface area contributed by atoms with E-state index in [2.05, 4.69) is 15.3 Å².